The monoisotopic (exact) mass is 277 g/mol. The average molecular weight is 277 g/mol. The first-order valence-corrected chi connectivity index (χ1v) is 7.95. The molecule has 4 bridgehead atoms. The van der Waals surface area contributed by atoms with Gasteiger partial charge in [-0.05, 0) is 25.2 Å². The number of carbonyl (C=O) groups excluding carboxylic acids is 2. The SMILES string of the molecule is CC12CC3CCC(=O)C(C1)C3(N1CCOCC1)CC2=O. The number of rotatable bonds is 1. The maximum absolute atomic E-state index is 12.6. The summed E-state index contributed by atoms with van der Waals surface area (Å²) in [6.45, 7) is 5.33. The van der Waals surface area contributed by atoms with Crippen LogP contribution in [0.1, 0.15) is 39.0 Å². The van der Waals surface area contributed by atoms with Gasteiger partial charge in [-0.2, -0.15) is 0 Å². The second kappa shape index (κ2) is 4.14. The average Bonchev–Trinajstić information content (AvgIpc) is 2.45. The summed E-state index contributed by atoms with van der Waals surface area (Å²) in [6, 6.07) is 0. The number of nitrogens with zero attached hydrogens (tertiary/aromatic N) is 1. The fourth-order valence-corrected chi connectivity index (χ4v) is 5.49. The summed E-state index contributed by atoms with van der Waals surface area (Å²) >= 11 is 0. The van der Waals surface area contributed by atoms with Crippen molar-refractivity contribution in [3.8, 4) is 0 Å². The van der Waals surface area contributed by atoms with E-state index in [1.807, 2.05) is 0 Å². The Balaban J connectivity index is 1.78. The second-order valence-electron chi connectivity index (χ2n) is 7.41. The lowest BCUT2D eigenvalue weighted by molar-refractivity contribution is -0.186. The molecule has 110 valence electrons. The van der Waals surface area contributed by atoms with Crippen LogP contribution in [0.25, 0.3) is 0 Å². The van der Waals surface area contributed by atoms with E-state index in [4.69, 9.17) is 4.74 Å². The largest absolute Gasteiger partial charge is 0.379 e. The van der Waals surface area contributed by atoms with E-state index in [1.54, 1.807) is 0 Å². The van der Waals surface area contributed by atoms with Crippen LogP contribution in [0.5, 0.6) is 0 Å². The Morgan fingerprint density at radius 3 is 2.70 bits per heavy atom. The van der Waals surface area contributed by atoms with Crippen molar-refractivity contribution in [2.75, 3.05) is 26.3 Å². The molecule has 4 saturated carbocycles. The van der Waals surface area contributed by atoms with E-state index in [0.29, 0.717) is 23.9 Å². The predicted octanol–water partition coefficient (Wildman–Crippen LogP) is 1.43. The van der Waals surface area contributed by atoms with Crippen molar-refractivity contribution >= 4 is 11.6 Å². The van der Waals surface area contributed by atoms with E-state index in [1.165, 1.54) is 0 Å². The van der Waals surface area contributed by atoms with Crippen LogP contribution >= 0.6 is 0 Å². The first-order valence-electron chi connectivity index (χ1n) is 7.95. The van der Waals surface area contributed by atoms with Gasteiger partial charge in [0.05, 0.1) is 13.2 Å². The predicted molar refractivity (Wildman–Crippen MR) is 73.3 cm³/mol. The van der Waals surface area contributed by atoms with Crippen LogP contribution in [0.2, 0.25) is 0 Å². The van der Waals surface area contributed by atoms with Gasteiger partial charge in [0.15, 0.2) is 0 Å². The van der Waals surface area contributed by atoms with E-state index >= 15 is 0 Å². The van der Waals surface area contributed by atoms with Gasteiger partial charge in [0.1, 0.15) is 11.6 Å². The Hall–Kier alpha value is -0.740. The second-order valence-corrected chi connectivity index (χ2v) is 7.41. The van der Waals surface area contributed by atoms with Crippen molar-refractivity contribution in [2.24, 2.45) is 17.3 Å². The van der Waals surface area contributed by atoms with Gasteiger partial charge < -0.3 is 4.74 Å². The number of ketones is 2. The molecule has 1 heterocycles. The van der Waals surface area contributed by atoms with Crippen LogP contribution in [-0.2, 0) is 14.3 Å². The van der Waals surface area contributed by atoms with Gasteiger partial charge in [0.2, 0.25) is 0 Å². The van der Waals surface area contributed by atoms with Gasteiger partial charge >= 0.3 is 0 Å². The van der Waals surface area contributed by atoms with E-state index in [0.717, 1.165) is 52.0 Å². The molecule has 5 fully saturated rings. The van der Waals surface area contributed by atoms with Crippen LogP contribution in [0.15, 0.2) is 0 Å². The molecule has 4 heteroatoms. The molecule has 0 spiro atoms. The fraction of sp³-hybridized carbons (Fsp3) is 0.875. The summed E-state index contributed by atoms with van der Waals surface area (Å²) in [7, 11) is 0. The minimum absolute atomic E-state index is 0.0933. The molecule has 0 aromatic rings. The van der Waals surface area contributed by atoms with Crippen LogP contribution in [0, 0.1) is 17.3 Å². The number of Topliss-reactive ketones (excluding diaryl/α,β-unsaturated/α-hetero) is 2. The van der Waals surface area contributed by atoms with Gasteiger partial charge in [0, 0.05) is 42.8 Å². The van der Waals surface area contributed by atoms with Crippen LogP contribution < -0.4 is 0 Å². The minimum atomic E-state index is -0.223. The summed E-state index contributed by atoms with van der Waals surface area (Å²) < 4.78 is 5.48. The van der Waals surface area contributed by atoms with Gasteiger partial charge in [-0.1, -0.05) is 6.92 Å². The summed E-state index contributed by atoms with van der Waals surface area (Å²) in [5.74, 6) is 1.42. The maximum Gasteiger partial charge on any atom is 0.140 e. The highest BCUT2D eigenvalue weighted by molar-refractivity contribution is 5.93. The van der Waals surface area contributed by atoms with Gasteiger partial charge in [-0.3, -0.25) is 14.5 Å². The Labute approximate surface area is 119 Å². The van der Waals surface area contributed by atoms with Crippen molar-refractivity contribution in [3.63, 3.8) is 0 Å². The number of fused-ring (bicyclic) bond motifs is 1. The van der Waals surface area contributed by atoms with Crippen molar-refractivity contribution in [3.05, 3.63) is 0 Å². The lowest BCUT2D eigenvalue weighted by atomic mass is 9.44. The molecular formula is C16H23NO3. The molecule has 0 amide bonds. The number of ether oxygens (including phenoxy) is 1. The van der Waals surface area contributed by atoms with Crippen LogP contribution in [0.3, 0.4) is 0 Å². The topological polar surface area (TPSA) is 46.6 Å². The van der Waals surface area contributed by atoms with Crippen molar-refractivity contribution in [1.82, 2.24) is 4.90 Å². The standard InChI is InChI=1S/C16H23NO3/c1-15-8-11-2-3-13(18)12(9-15)16(11,10-14(15)19)17-4-6-20-7-5-17/h11-12H,2-10H2,1H3. The first kappa shape index (κ1) is 13.0. The molecular weight excluding hydrogens is 254 g/mol. The zero-order chi connectivity index (χ0) is 14.0. The van der Waals surface area contributed by atoms with Gasteiger partial charge in [0.25, 0.3) is 0 Å². The molecule has 20 heavy (non-hydrogen) atoms. The third-order valence-corrected chi connectivity index (χ3v) is 6.51. The third kappa shape index (κ3) is 1.49. The third-order valence-electron chi connectivity index (χ3n) is 6.51. The summed E-state index contributed by atoms with van der Waals surface area (Å²) in [5, 5.41) is 0. The van der Waals surface area contributed by atoms with E-state index < -0.39 is 0 Å². The maximum atomic E-state index is 12.6. The minimum Gasteiger partial charge on any atom is -0.379 e. The molecule has 0 aromatic heterocycles. The van der Waals surface area contributed by atoms with Crippen LogP contribution in [0.4, 0.5) is 0 Å². The van der Waals surface area contributed by atoms with E-state index in [9.17, 15) is 9.59 Å². The Morgan fingerprint density at radius 1 is 1.20 bits per heavy atom. The molecule has 5 rings (SSSR count). The summed E-state index contributed by atoms with van der Waals surface area (Å²) in [5.41, 5.74) is -0.382. The zero-order valence-electron chi connectivity index (χ0n) is 12.2. The van der Waals surface area contributed by atoms with Crippen LogP contribution in [-0.4, -0.2) is 48.3 Å². The quantitative estimate of drug-likeness (QED) is 0.727. The Kier molecular flexibility index (Phi) is 2.68. The van der Waals surface area contributed by atoms with Crippen molar-refractivity contribution in [2.45, 2.75) is 44.6 Å². The fourth-order valence-electron chi connectivity index (χ4n) is 5.49. The Morgan fingerprint density at radius 2 is 1.95 bits per heavy atom. The smallest absolute Gasteiger partial charge is 0.140 e. The molecule has 4 nitrogen and oxygen atoms in total. The first-order chi connectivity index (χ1) is 9.56. The van der Waals surface area contributed by atoms with Gasteiger partial charge in [-0.25, -0.2) is 0 Å². The zero-order valence-corrected chi connectivity index (χ0v) is 12.2. The molecule has 4 atom stereocenters. The number of hydrogen-bond acceptors (Lipinski definition) is 4. The van der Waals surface area contributed by atoms with Crippen molar-refractivity contribution in [1.29, 1.82) is 0 Å². The Bertz CT molecular complexity index is 466. The normalized spacial score (nSPS) is 48.6. The molecule has 0 radical (unpaired) electrons. The molecule has 4 unspecified atom stereocenters. The molecule has 1 aliphatic heterocycles. The highest BCUT2D eigenvalue weighted by Crippen LogP contribution is 2.61. The van der Waals surface area contributed by atoms with Gasteiger partial charge in [-0.15, -0.1) is 0 Å². The molecule has 4 aliphatic carbocycles. The highest BCUT2D eigenvalue weighted by Gasteiger charge is 2.66. The van der Waals surface area contributed by atoms with Crippen molar-refractivity contribution < 1.29 is 14.3 Å². The van der Waals surface area contributed by atoms with E-state index in [-0.39, 0.29) is 16.9 Å². The summed E-state index contributed by atoms with van der Waals surface area (Å²) in [4.78, 5) is 27.6. The summed E-state index contributed by atoms with van der Waals surface area (Å²) in [6.07, 6.45) is 4.09. The molecule has 0 aromatic carbocycles. The number of carbonyl (C=O) groups is 2. The number of hydrogen-bond donors (Lipinski definition) is 0. The van der Waals surface area contributed by atoms with E-state index in [2.05, 4.69) is 11.8 Å². The lowest BCUT2D eigenvalue weighted by Gasteiger charge is -2.65. The molecule has 0 N–H and O–H groups in total. The molecule has 5 aliphatic rings. The highest BCUT2D eigenvalue weighted by atomic mass is 16.5. The lowest BCUT2D eigenvalue weighted by Crippen LogP contribution is -2.73. The number of morpholine rings is 1. The molecule has 1 saturated heterocycles.